The molecule has 0 aromatic heterocycles. The summed E-state index contributed by atoms with van der Waals surface area (Å²) in [6, 6.07) is 13.7. The molecule has 0 aliphatic carbocycles. The Morgan fingerprint density at radius 2 is 1.83 bits per heavy atom. The average Bonchev–Trinajstić information content (AvgIpc) is 2.46. The molecule has 3 nitrogen and oxygen atoms in total. The molecular formula is C14H12FNO2. The molecule has 0 saturated heterocycles. The fraction of sp³-hybridized carbons (Fsp3) is 0.0714. The zero-order valence-electron chi connectivity index (χ0n) is 9.81. The highest BCUT2D eigenvalue weighted by Crippen LogP contribution is 2.23. The van der Waals surface area contributed by atoms with Crippen molar-refractivity contribution in [3.8, 4) is 16.9 Å². The number of carbonyl (C=O) groups is 1. The highest BCUT2D eigenvalue weighted by molar-refractivity contribution is 5.95. The van der Waals surface area contributed by atoms with E-state index in [1.807, 2.05) is 6.07 Å². The Labute approximate surface area is 104 Å². The first kappa shape index (κ1) is 12.1. The van der Waals surface area contributed by atoms with E-state index in [4.69, 9.17) is 0 Å². The number of carbonyl (C=O) groups excluding carboxylic acids is 1. The Hall–Kier alpha value is -2.36. The number of rotatable bonds is 3. The second-order valence-corrected chi connectivity index (χ2v) is 3.76. The molecule has 18 heavy (non-hydrogen) atoms. The van der Waals surface area contributed by atoms with Crippen molar-refractivity contribution in [3.05, 3.63) is 54.1 Å². The molecule has 0 unspecified atom stereocenters. The molecule has 2 aromatic rings. The van der Waals surface area contributed by atoms with E-state index in [-0.39, 0.29) is 11.7 Å². The second kappa shape index (κ2) is 5.31. The van der Waals surface area contributed by atoms with Crippen LogP contribution in [0.1, 0.15) is 10.4 Å². The van der Waals surface area contributed by atoms with Gasteiger partial charge in [0.15, 0.2) is 5.75 Å². The Balaban J connectivity index is 2.35. The van der Waals surface area contributed by atoms with Gasteiger partial charge in [-0.3, -0.25) is 9.74 Å². The van der Waals surface area contributed by atoms with Crippen molar-refractivity contribution in [1.82, 2.24) is 5.32 Å². The molecule has 2 aromatic carbocycles. The van der Waals surface area contributed by atoms with Crippen molar-refractivity contribution in [2.24, 2.45) is 0 Å². The Morgan fingerprint density at radius 1 is 1.11 bits per heavy atom. The van der Waals surface area contributed by atoms with E-state index in [2.05, 4.69) is 10.3 Å². The van der Waals surface area contributed by atoms with E-state index in [1.54, 1.807) is 37.4 Å². The van der Waals surface area contributed by atoms with Gasteiger partial charge < -0.3 is 5.32 Å². The lowest BCUT2D eigenvalue weighted by Gasteiger charge is -2.05. The van der Waals surface area contributed by atoms with Crippen molar-refractivity contribution in [2.75, 3.05) is 7.05 Å². The fourth-order valence-electron chi connectivity index (χ4n) is 1.68. The van der Waals surface area contributed by atoms with E-state index in [0.717, 1.165) is 11.1 Å². The topological polar surface area (TPSA) is 38.3 Å². The third-order valence-corrected chi connectivity index (χ3v) is 2.63. The molecule has 0 fully saturated rings. The zero-order valence-corrected chi connectivity index (χ0v) is 9.81. The minimum absolute atomic E-state index is 0.138. The van der Waals surface area contributed by atoms with Crippen LogP contribution in [0, 0.1) is 0 Å². The van der Waals surface area contributed by atoms with Crippen LogP contribution in [-0.2, 0) is 0 Å². The van der Waals surface area contributed by atoms with Crippen LogP contribution in [0.3, 0.4) is 0 Å². The smallest absolute Gasteiger partial charge is 0.251 e. The normalized spacial score (nSPS) is 9.89. The number of benzene rings is 2. The Kier molecular flexibility index (Phi) is 3.57. The first-order valence-corrected chi connectivity index (χ1v) is 5.46. The van der Waals surface area contributed by atoms with Crippen molar-refractivity contribution >= 4 is 5.91 Å². The largest absolute Gasteiger partial charge is 0.355 e. The fourth-order valence-corrected chi connectivity index (χ4v) is 1.68. The molecule has 1 N–H and O–H groups in total. The van der Waals surface area contributed by atoms with E-state index in [0.29, 0.717) is 5.56 Å². The summed E-state index contributed by atoms with van der Waals surface area (Å²) in [7, 11) is 1.59. The first-order valence-electron chi connectivity index (χ1n) is 5.46. The molecule has 0 aliphatic heterocycles. The van der Waals surface area contributed by atoms with Crippen molar-refractivity contribution < 1.29 is 14.3 Å². The Morgan fingerprint density at radius 3 is 2.44 bits per heavy atom. The standard InChI is InChI=1S/C14H12FNO2/c1-16-14(17)12-4-2-3-11(9-12)10-5-7-13(18-15)8-6-10/h2-9H,1H3,(H,16,17). The minimum Gasteiger partial charge on any atom is -0.355 e. The third kappa shape index (κ3) is 2.48. The summed E-state index contributed by atoms with van der Waals surface area (Å²) < 4.78 is 11.9. The monoisotopic (exact) mass is 245 g/mol. The molecule has 0 radical (unpaired) electrons. The number of hydrogen-bond donors (Lipinski definition) is 1. The molecule has 0 atom stereocenters. The number of halogens is 1. The van der Waals surface area contributed by atoms with Gasteiger partial charge in [-0.25, -0.2) is 0 Å². The molecule has 0 aliphatic rings. The molecule has 0 saturated carbocycles. The predicted octanol–water partition coefficient (Wildman–Crippen LogP) is 2.98. The van der Waals surface area contributed by atoms with Crippen molar-refractivity contribution in [2.45, 2.75) is 0 Å². The van der Waals surface area contributed by atoms with Gasteiger partial charge >= 0.3 is 0 Å². The highest BCUT2D eigenvalue weighted by Gasteiger charge is 2.05. The van der Waals surface area contributed by atoms with E-state index in [1.165, 1.54) is 12.1 Å². The molecular weight excluding hydrogens is 233 g/mol. The second-order valence-electron chi connectivity index (χ2n) is 3.76. The number of hydrogen-bond acceptors (Lipinski definition) is 2. The maximum absolute atomic E-state index is 11.9. The van der Waals surface area contributed by atoms with Gasteiger partial charge in [0.1, 0.15) is 0 Å². The van der Waals surface area contributed by atoms with Crippen molar-refractivity contribution in [3.63, 3.8) is 0 Å². The lowest BCUT2D eigenvalue weighted by atomic mass is 10.0. The van der Waals surface area contributed by atoms with Gasteiger partial charge in [0.25, 0.3) is 5.91 Å². The molecule has 0 heterocycles. The number of nitrogens with one attached hydrogen (secondary N) is 1. The van der Waals surface area contributed by atoms with Gasteiger partial charge in [-0.1, -0.05) is 24.3 Å². The summed E-state index contributed by atoms with van der Waals surface area (Å²) >= 11 is 0. The number of amides is 1. The molecule has 92 valence electrons. The summed E-state index contributed by atoms with van der Waals surface area (Å²) in [5.74, 6) is 0.0155. The van der Waals surface area contributed by atoms with Crippen molar-refractivity contribution in [1.29, 1.82) is 0 Å². The zero-order chi connectivity index (χ0) is 13.0. The quantitative estimate of drug-likeness (QED) is 0.902. The SMILES string of the molecule is CNC(=O)c1cccc(-c2ccc(OF)cc2)c1. The van der Waals surface area contributed by atoms with Crippen LogP contribution in [-0.4, -0.2) is 13.0 Å². The summed E-state index contributed by atoms with van der Waals surface area (Å²) in [6.07, 6.45) is 0. The molecule has 4 heteroatoms. The van der Waals surface area contributed by atoms with Gasteiger partial charge in [-0.05, 0) is 35.4 Å². The van der Waals surface area contributed by atoms with Crippen LogP contribution in [0.15, 0.2) is 48.5 Å². The van der Waals surface area contributed by atoms with Crippen LogP contribution in [0.5, 0.6) is 5.75 Å². The first-order chi connectivity index (χ1) is 8.74. The molecule has 2 rings (SSSR count). The van der Waals surface area contributed by atoms with Gasteiger partial charge in [0.05, 0.1) is 0 Å². The van der Waals surface area contributed by atoms with Crippen LogP contribution < -0.4 is 10.3 Å². The van der Waals surface area contributed by atoms with Gasteiger partial charge in [0, 0.05) is 17.1 Å². The molecule has 1 amide bonds. The van der Waals surface area contributed by atoms with E-state index in [9.17, 15) is 9.32 Å². The lowest BCUT2D eigenvalue weighted by molar-refractivity contribution is -0.00618. The van der Waals surface area contributed by atoms with Crippen LogP contribution in [0.25, 0.3) is 11.1 Å². The van der Waals surface area contributed by atoms with Crippen LogP contribution in [0.4, 0.5) is 4.53 Å². The maximum atomic E-state index is 11.9. The lowest BCUT2D eigenvalue weighted by Crippen LogP contribution is -2.17. The average molecular weight is 245 g/mol. The summed E-state index contributed by atoms with van der Waals surface area (Å²) in [5, 5.41) is 2.57. The minimum atomic E-state index is -0.138. The molecule has 0 bridgehead atoms. The van der Waals surface area contributed by atoms with Crippen LogP contribution in [0.2, 0.25) is 0 Å². The molecule has 0 spiro atoms. The predicted molar refractivity (Wildman–Crippen MR) is 67.0 cm³/mol. The van der Waals surface area contributed by atoms with Gasteiger partial charge in [-0.2, -0.15) is 0 Å². The summed E-state index contributed by atoms with van der Waals surface area (Å²) in [5.41, 5.74) is 2.36. The third-order valence-electron chi connectivity index (χ3n) is 2.63. The highest BCUT2D eigenvalue weighted by atomic mass is 19.3. The summed E-state index contributed by atoms with van der Waals surface area (Å²) in [4.78, 5) is 15.1. The maximum Gasteiger partial charge on any atom is 0.251 e. The van der Waals surface area contributed by atoms with E-state index < -0.39 is 0 Å². The van der Waals surface area contributed by atoms with Gasteiger partial charge in [-0.15, -0.1) is 0 Å². The summed E-state index contributed by atoms with van der Waals surface area (Å²) in [6.45, 7) is 0. The van der Waals surface area contributed by atoms with Crippen LogP contribution >= 0.6 is 0 Å². The van der Waals surface area contributed by atoms with E-state index >= 15 is 0 Å². The Bertz CT molecular complexity index is 552. The van der Waals surface area contributed by atoms with Gasteiger partial charge in [0.2, 0.25) is 0 Å².